The summed E-state index contributed by atoms with van der Waals surface area (Å²) in [7, 11) is 1.46. The molecule has 2 aromatic carbocycles. The van der Waals surface area contributed by atoms with Crippen LogP contribution in [0.3, 0.4) is 0 Å². The smallest absolute Gasteiger partial charge is 0.412 e. The summed E-state index contributed by atoms with van der Waals surface area (Å²) in [6.07, 6.45) is -1.91. The van der Waals surface area contributed by atoms with E-state index in [1.54, 1.807) is 36.4 Å². The topological polar surface area (TPSA) is 118 Å². The number of ether oxygens (including phenoxy) is 3. The molecule has 0 bridgehead atoms. The quantitative estimate of drug-likeness (QED) is 0.412. The molecule has 0 saturated carbocycles. The lowest BCUT2D eigenvalue weighted by Gasteiger charge is -2.26. The number of esters is 1. The molecule has 158 valence electrons. The third kappa shape index (κ3) is 6.99. The largest absolute Gasteiger partial charge is 0.508 e. The van der Waals surface area contributed by atoms with Crippen molar-refractivity contribution in [3.8, 4) is 11.8 Å². The van der Waals surface area contributed by atoms with Gasteiger partial charge in [0.25, 0.3) is 0 Å². The highest BCUT2D eigenvalue weighted by atomic mass is 32.1. The minimum Gasteiger partial charge on any atom is -0.508 e. The standard InChI is InChI=1S/C21H22N2O6S/c1-27-18(10-11-28-19(25)13-30)20(15-4-8-17(24)9-5-15)29-21(26)23-16-6-2-14(12-22)3-7-16/h2-9,18,20,24,30H,10-11,13H2,1H3,(H,23,26)/t18-,20-/m0/s1. The van der Waals surface area contributed by atoms with Crippen LogP contribution in [0.5, 0.6) is 5.75 Å². The van der Waals surface area contributed by atoms with Crippen molar-refractivity contribution in [2.45, 2.75) is 18.6 Å². The summed E-state index contributed by atoms with van der Waals surface area (Å²) in [5.74, 6) is -0.437. The molecule has 0 saturated heterocycles. The van der Waals surface area contributed by atoms with E-state index in [1.807, 2.05) is 6.07 Å². The van der Waals surface area contributed by atoms with Crippen molar-refractivity contribution < 1.29 is 28.9 Å². The number of phenols is 1. The highest BCUT2D eigenvalue weighted by Gasteiger charge is 2.27. The molecule has 8 nitrogen and oxygen atoms in total. The summed E-state index contributed by atoms with van der Waals surface area (Å²) in [6.45, 7) is 0.0626. The molecule has 9 heteroatoms. The van der Waals surface area contributed by atoms with Gasteiger partial charge in [0.05, 0.1) is 24.0 Å². The Bertz CT molecular complexity index is 880. The summed E-state index contributed by atoms with van der Waals surface area (Å²) < 4.78 is 16.1. The van der Waals surface area contributed by atoms with E-state index in [-0.39, 0.29) is 24.5 Å². The van der Waals surface area contributed by atoms with Crippen molar-refractivity contribution in [3.63, 3.8) is 0 Å². The van der Waals surface area contributed by atoms with Crippen LogP contribution in [0.4, 0.5) is 10.5 Å². The number of benzene rings is 2. The first-order chi connectivity index (χ1) is 14.5. The predicted octanol–water partition coefficient (Wildman–Crippen LogP) is 3.43. The first-order valence-electron chi connectivity index (χ1n) is 9.02. The van der Waals surface area contributed by atoms with Gasteiger partial charge in [-0.25, -0.2) is 4.79 Å². The number of phenolic OH excluding ortho intramolecular Hbond substituents is 1. The molecule has 0 aliphatic rings. The molecule has 2 aromatic rings. The van der Waals surface area contributed by atoms with Crippen molar-refractivity contribution in [1.82, 2.24) is 0 Å². The zero-order valence-electron chi connectivity index (χ0n) is 16.3. The van der Waals surface area contributed by atoms with Gasteiger partial charge < -0.3 is 19.3 Å². The molecule has 0 fully saturated rings. The average molecular weight is 430 g/mol. The zero-order valence-corrected chi connectivity index (χ0v) is 17.2. The number of hydrogen-bond donors (Lipinski definition) is 3. The molecule has 2 N–H and O–H groups in total. The maximum absolute atomic E-state index is 12.5. The minimum absolute atomic E-state index is 0.0392. The van der Waals surface area contributed by atoms with Crippen LogP contribution in [-0.2, 0) is 19.0 Å². The Morgan fingerprint density at radius 2 is 1.83 bits per heavy atom. The minimum atomic E-state index is -0.830. The maximum atomic E-state index is 12.5. The number of anilines is 1. The first kappa shape index (κ1) is 23.1. The highest BCUT2D eigenvalue weighted by Crippen LogP contribution is 2.28. The van der Waals surface area contributed by atoms with Crippen LogP contribution in [0, 0.1) is 11.3 Å². The number of carbonyl (C=O) groups excluding carboxylic acids is 2. The fourth-order valence-corrected chi connectivity index (χ4v) is 2.73. The SMILES string of the molecule is CO[C@@H](CCOC(=O)CS)[C@@H](OC(=O)Nc1ccc(C#N)cc1)c1ccc(O)cc1. The van der Waals surface area contributed by atoms with E-state index in [9.17, 15) is 14.7 Å². The zero-order chi connectivity index (χ0) is 21.9. The van der Waals surface area contributed by atoms with Gasteiger partial charge in [0.1, 0.15) is 11.9 Å². The fraction of sp³-hybridized carbons (Fsp3) is 0.286. The number of hydrogen-bond acceptors (Lipinski definition) is 8. The molecule has 2 rings (SSSR count). The molecular formula is C21H22N2O6S. The normalized spacial score (nSPS) is 12.3. The monoisotopic (exact) mass is 430 g/mol. The molecular weight excluding hydrogens is 408 g/mol. The Morgan fingerprint density at radius 3 is 2.40 bits per heavy atom. The molecule has 0 radical (unpaired) electrons. The Kier molecular flexibility index (Phi) is 9.00. The Morgan fingerprint density at radius 1 is 1.17 bits per heavy atom. The third-order valence-corrected chi connectivity index (χ3v) is 4.41. The Hall–Kier alpha value is -3.22. The molecule has 0 heterocycles. The summed E-state index contributed by atoms with van der Waals surface area (Å²) in [5, 5.41) is 21.0. The summed E-state index contributed by atoms with van der Waals surface area (Å²) >= 11 is 3.85. The molecule has 1 amide bonds. The number of carbonyl (C=O) groups is 2. The lowest BCUT2D eigenvalue weighted by molar-refractivity contribution is -0.141. The molecule has 30 heavy (non-hydrogen) atoms. The van der Waals surface area contributed by atoms with Crippen molar-refractivity contribution in [3.05, 3.63) is 59.7 Å². The summed E-state index contributed by atoms with van der Waals surface area (Å²) in [5.41, 5.74) is 1.52. The van der Waals surface area contributed by atoms with Crippen LogP contribution >= 0.6 is 12.6 Å². The van der Waals surface area contributed by atoms with Gasteiger partial charge in [-0.05, 0) is 42.0 Å². The third-order valence-electron chi connectivity index (χ3n) is 4.15. The molecule has 0 aliphatic heterocycles. The molecule has 0 aliphatic carbocycles. The van der Waals surface area contributed by atoms with E-state index in [1.165, 1.54) is 19.2 Å². The number of thiol groups is 1. The van der Waals surface area contributed by atoms with Crippen LogP contribution in [0.1, 0.15) is 23.7 Å². The van der Waals surface area contributed by atoms with Gasteiger partial charge in [-0.15, -0.1) is 0 Å². The van der Waals surface area contributed by atoms with Gasteiger partial charge in [0, 0.05) is 19.2 Å². The lowest BCUT2D eigenvalue weighted by Crippen LogP contribution is -2.29. The second-order valence-corrected chi connectivity index (χ2v) is 6.49. The highest BCUT2D eigenvalue weighted by molar-refractivity contribution is 7.81. The van der Waals surface area contributed by atoms with E-state index in [0.717, 1.165) is 0 Å². The van der Waals surface area contributed by atoms with Gasteiger partial charge in [-0.1, -0.05) is 12.1 Å². The van der Waals surface area contributed by atoms with E-state index < -0.39 is 24.3 Å². The van der Waals surface area contributed by atoms with Gasteiger partial charge >= 0.3 is 12.1 Å². The number of methoxy groups -OCH3 is 1. The second-order valence-electron chi connectivity index (χ2n) is 6.17. The Balaban J connectivity index is 2.13. The van der Waals surface area contributed by atoms with Crippen LogP contribution < -0.4 is 5.32 Å². The van der Waals surface area contributed by atoms with Crippen LogP contribution in [-0.4, -0.2) is 42.7 Å². The van der Waals surface area contributed by atoms with Gasteiger partial charge in [0.2, 0.25) is 0 Å². The van der Waals surface area contributed by atoms with Gasteiger partial charge in [0.15, 0.2) is 6.10 Å². The summed E-state index contributed by atoms with van der Waals surface area (Å²) in [6, 6.07) is 14.5. The van der Waals surface area contributed by atoms with Crippen molar-refractivity contribution in [2.24, 2.45) is 0 Å². The van der Waals surface area contributed by atoms with E-state index in [0.29, 0.717) is 16.8 Å². The van der Waals surface area contributed by atoms with Gasteiger partial charge in [-0.3, -0.25) is 10.1 Å². The Labute approximate surface area is 179 Å². The van der Waals surface area contributed by atoms with Crippen molar-refractivity contribution in [1.29, 1.82) is 5.26 Å². The molecule has 0 unspecified atom stereocenters. The van der Waals surface area contributed by atoms with E-state index >= 15 is 0 Å². The maximum Gasteiger partial charge on any atom is 0.412 e. The van der Waals surface area contributed by atoms with Crippen molar-refractivity contribution >= 4 is 30.4 Å². The number of nitrogens with one attached hydrogen (secondary N) is 1. The van der Waals surface area contributed by atoms with Crippen LogP contribution in [0.15, 0.2) is 48.5 Å². The van der Waals surface area contributed by atoms with Crippen molar-refractivity contribution in [2.75, 3.05) is 24.8 Å². The van der Waals surface area contributed by atoms with E-state index in [4.69, 9.17) is 19.5 Å². The number of amides is 1. The van der Waals surface area contributed by atoms with Crippen LogP contribution in [0.2, 0.25) is 0 Å². The van der Waals surface area contributed by atoms with Gasteiger partial charge in [-0.2, -0.15) is 17.9 Å². The molecule has 2 atom stereocenters. The number of rotatable bonds is 9. The van der Waals surface area contributed by atoms with Crippen LogP contribution in [0.25, 0.3) is 0 Å². The average Bonchev–Trinajstić information content (AvgIpc) is 2.76. The fourth-order valence-electron chi connectivity index (χ4n) is 2.64. The molecule has 0 aromatic heterocycles. The predicted molar refractivity (Wildman–Crippen MR) is 112 cm³/mol. The lowest BCUT2D eigenvalue weighted by atomic mass is 10.0. The molecule has 0 spiro atoms. The number of aromatic hydroxyl groups is 1. The number of nitriles is 1. The second kappa shape index (κ2) is 11.7. The summed E-state index contributed by atoms with van der Waals surface area (Å²) in [4.78, 5) is 23.8. The van der Waals surface area contributed by atoms with E-state index in [2.05, 4.69) is 17.9 Å². The first-order valence-corrected chi connectivity index (χ1v) is 9.66. The number of nitrogens with zero attached hydrogens (tertiary/aromatic N) is 1.